The molecule has 0 aliphatic heterocycles. The van der Waals surface area contributed by atoms with Crippen LogP contribution in [0, 0.1) is 5.92 Å². The summed E-state index contributed by atoms with van der Waals surface area (Å²) < 4.78 is 1.17. The van der Waals surface area contributed by atoms with Crippen molar-refractivity contribution < 1.29 is 4.79 Å². The maximum absolute atomic E-state index is 12.9. The number of thiophene rings is 1. The number of benzene rings is 2. The van der Waals surface area contributed by atoms with E-state index in [1.54, 1.807) is 46.9 Å². The minimum absolute atomic E-state index is 0.137. The molecule has 1 aliphatic rings. The van der Waals surface area contributed by atoms with Crippen molar-refractivity contribution in [2.75, 3.05) is 5.32 Å². The van der Waals surface area contributed by atoms with E-state index in [4.69, 9.17) is 16.6 Å². The second-order valence-electron chi connectivity index (χ2n) is 7.51. The van der Waals surface area contributed by atoms with Gasteiger partial charge in [-0.1, -0.05) is 36.7 Å². The number of anilines is 1. The van der Waals surface area contributed by atoms with Crippen molar-refractivity contribution in [3.05, 3.63) is 69.6 Å². The number of carbonyl (C=O) groups excluding carboxylic acids is 1. The second-order valence-corrected chi connectivity index (χ2v) is 10.1. The van der Waals surface area contributed by atoms with Gasteiger partial charge in [0.05, 0.1) is 10.2 Å². The summed E-state index contributed by atoms with van der Waals surface area (Å²) in [5.41, 5.74) is 4.03. The van der Waals surface area contributed by atoms with Crippen LogP contribution in [0.1, 0.15) is 34.1 Å². The number of hydrogen-bond donors (Lipinski definition) is 1. The maximum Gasteiger partial charge on any atom is 0.256 e. The molecule has 3 nitrogen and oxygen atoms in total. The number of amides is 1. The Bertz CT molecular complexity index is 1190. The van der Waals surface area contributed by atoms with Gasteiger partial charge in [0.2, 0.25) is 0 Å². The topological polar surface area (TPSA) is 42.0 Å². The lowest BCUT2D eigenvalue weighted by molar-refractivity contribution is 0.102. The van der Waals surface area contributed by atoms with Crippen LogP contribution in [0.25, 0.3) is 20.8 Å². The maximum atomic E-state index is 12.9. The Morgan fingerprint density at radius 2 is 2.03 bits per heavy atom. The Morgan fingerprint density at radius 1 is 1.17 bits per heavy atom. The van der Waals surface area contributed by atoms with Crippen molar-refractivity contribution in [1.82, 2.24) is 4.98 Å². The van der Waals surface area contributed by atoms with E-state index >= 15 is 0 Å². The van der Waals surface area contributed by atoms with Crippen LogP contribution in [0.15, 0.2) is 48.5 Å². The van der Waals surface area contributed by atoms with E-state index in [2.05, 4.69) is 18.3 Å². The van der Waals surface area contributed by atoms with Crippen molar-refractivity contribution in [2.45, 2.75) is 26.2 Å². The zero-order chi connectivity index (χ0) is 20.0. The lowest BCUT2D eigenvalue weighted by atomic mass is 9.88. The first-order valence-electron chi connectivity index (χ1n) is 9.66. The predicted molar refractivity (Wildman–Crippen MR) is 124 cm³/mol. The van der Waals surface area contributed by atoms with Crippen LogP contribution >= 0.6 is 34.3 Å². The normalized spacial score (nSPS) is 16.0. The van der Waals surface area contributed by atoms with E-state index < -0.39 is 0 Å². The number of nitrogens with zero attached hydrogens (tertiary/aromatic N) is 1. The number of hydrogen-bond acceptors (Lipinski definition) is 4. The van der Waals surface area contributed by atoms with Gasteiger partial charge in [-0.25, -0.2) is 4.98 Å². The van der Waals surface area contributed by atoms with Crippen LogP contribution in [-0.4, -0.2) is 10.9 Å². The van der Waals surface area contributed by atoms with Crippen molar-refractivity contribution in [3.63, 3.8) is 0 Å². The summed E-state index contributed by atoms with van der Waals surface area (Å²) in [5, 5.41) is 5.60. The van der Waals surface area contributed by atoms with Crippen LogP contribution in [0.4, 0.5) is 5.00 Å². The van der Waals surface area contributed by atoms with Crippen molar-refractivity contribution >= 4 is 55.4 Å². The summed E-state index contributed by atoms with van der Waals surface area (Å²) in [5.74, 6) is 0.530. The van der Waals surface area contributed by atoms with Gasteiger partial charge < -0.3 is 5.32 Å². The van der Waals surface area contributed by atoms with Crippen LogP contribution in [0.5, 0.6) is 0 Å². The largest absolute Gasteiger partial charge is 0.313 e. The highest BCUT2D eigenvalue weighted by Gasteiger charge is 2.27. The Kier molecular flexibility index (Phi) is 4.90. The molecule has 1 unspecified atom stereocenters. The monoisotopic (exact) mass is 438 g/mol. The van der Waals surface area contributed by atoms with Gasteiger partial charge in [-0.05, 0) is 61.1 Å². The molecule has 0 saturated carbocycles. The molecule has 1 aliphatic carbocycles. The van der Waals surface area contributed by atoms with Gasteiger partial charge in [0, 0.05) is 21.0 Å². The number of fused-ring (bicyclic) bond motifs is 2. The molecule has 1 amide bonds. The number of nitrogens with one attached hydrogen (secondary N) is 1. The number of aromatic nitrogens is 1. The third-order valence-electron chi connectivity index (χ3n) is 5.33. The van der Waals surface area contributed by atoms with Crippen molar-refractivity contribution in [2.24, 2.45) is 5.92 Å². The first-order chi connectivity index (χ1) is 14.1. The molecule has 5 rings (SSSR count). The van der Waals surface area contributed by atoms with Gasteiger partial charge >= 0.3 is 0 Å². The molecular weight excluding hydrogens is 420 g/mol. The Hall–Kier alpha value is -2.21. The average molecular weight is 439 g/mol. The quantitative estimate of drug-likeness (QED) is 0.372. The first kappa shape index (κ1) is 18.8. The summed E-state index contributed by atoms with van der Waals surface area (Å²) in [4.78, 5) is 19.2. The molecular formula is C23H19ClN2OS2. The van der Waals surface area contributed by atoms with Crippen LogP contribution < -0.4 is 5.32 Å². The molecule has 146 valence electrons. The predicted octanol–water partition coefficient (Wildman–Crippen LogP) is 7.06. The molecule has 0 bridgehead atoms. The third-order valence-corrected chi connectivity index (χ3v) is 7.79. The summed E-state index contributed by atoms with van der Waals surface area (Å²) in [6.45, 7) is 2.30. The molecule has 4 aromatic rings. The fourth-order valence-electron chi connectivity index (χ4n) is 3.85. The van der Waals surface area contributed by atoms with Gasteiger partial charge in [-0.3, -0.25) is 4.79 Å². The molecule has 2 aromatic heterocycles. The van der Waals surface area contributed by atoms with E-state index in [-0.39, 0.29) is 5.91 Å². The van der Waals surface area contributed by atoms with E-state index in [1.807, 2.05) is 18.2 Å². The SMILES string of the molecule is CC1CCc2c(sc(NC(=O)c3cccc(Cl)c3)c2-c2nc3ccccc3s2)C1. The van der Waals surface area contributed by atoms with Gasteiger partial charge in [0.25, 0.3) is 5.91 Å². The highest BCUT2D eigenvalue weighted by Crippen LogP contribution is 2.47. The summed E-state index contributed by atoms with van der Waals surface area (Å²) >= 11 is 9.47. The fraction of sp³-hybridized carbons (Fsp3) is 0.217. The Balaban J connectivity index is 1.60. The molecule has 1 atom stereocenters. The van der Waals surface area contributed by atoms with Gasteiger partial charge in [-0.2, -0.15) is 0 Å². The van der Waals surface area contributed by atoms with Crippen LogP contribution in [0.2, 0.25) is 5.02 Å². The van der Waals surface area contributed by atoms with Gasteiger partial charge in [0.15, 0.2) is 0 Å². The molecule has 2 aromatic carbocycles. The average Bonchev–Trinajstić information content (AvgIpc) is 3.27. The molecule has 1 N–H and O–H groups in total. The highest BCUT2D eigenvalue weighted by atomic mass is 35.5. The first-order valence-corrected chi connectivity index (χ1v) is 11.7. The van der Waals surface area contributed by atoms with Crippen LogP contribution in [-0.2, 0) is 12.8 Å². The van der Waals surface area contributed by atoms with Gasteiger partial charge in [0.1, 0.15) is 10.0 Å². The second kappa shape index (κ2) is 7.56. The van der Waals surface area contributed by atoms with E-state index in [0.717, 1.165) is 33.9 Å². The smallest absolute Gasteiger partial charge is 0.256 e. The Morgan fingerprint density at radius 3 is 2.86 bits per heavy atom. The molecule has 0 saturated heterocycles. The van der Waals surface area contributed by atoms with E-state index in [1.165, 1.54) is 21.6 Å². The third kappa shape index (κ3) is 3.59. The number of halogens is 1. The molecule has 2 heterocycles. The number of thiazole rings is 1. The zero-order valence-electron chi connectivity index (χ0n) is 15.9. The minimum Gasteiger partial charge on any atom is -0.313 e. The van der Waals surface area contributed by atoms with Crippen molar-refractivity contribution in [1.29, 1.82) is 0 Å². The zero-order valence-corrected chi connectivity index (χ0v) is 18.3. The van der Waals surface area contributed by atoms with Gasteiger partial charge in [-0.15, -0.1) is 22.7 Å². The molecule has 0 spiro atoms. The summed E-state index contributed by atoms with van der Waals surface area (Å²) in [6, 6.07) is 15.2. The lowest BCUT2D eigenvalue weighted by Gasteiger charge is -2.18. The Labute approximate surface area is 182 Å². The molecule has 0 radical (unpaired) electrons. The summed E-state index contributed by atoms with van der Waals surface area (Å²) in [6.07, 6.45) is 3.26. The summed E-state index contributed by atoms with van der Waals surface area (Å²) in [7, 11) is 0. The molecule has 6 heteroatoms. The van der Waals surface area contributed by atoms with Crippen LogP contribution in [0.3, 0.4) is 0 Å². The fourth-order valence-corrected chi connectivity index (χ4v) is 6.56. The lowest BCUT2D eigenvalue weighted by Crippen LogP contribution is -2.11. The highest BCUT2D eigenvalue weighted by molar-refractivity contribution is 7.23. The number of carbonyl (C=O) groups is 1. The van der Waals surface area contributed by atoms with Crippen molar-refractivity contribution in [3.8, 4) is 10.6 Å². The molecule has 0 fully saturated rings. The molecule has 29 heavy (non-hydrogen) atoms. The number of rotatable bonds is 3. The van der Waals surface area contributed by atoms with E-state index in [0.29, 0.717) is 16.5 Å². The minimum atomic E-state index is -0.137. The van der Waals surface area contributed by atoms with E-state index in [9.17, 15) is 4.79 Å². The number of para-hydroxylation sites is 1. The standard InChI is InChI=1S/C23H19ClN2OS2/c1-13-9-10-16-19(11-13)29-23(26-21(27)14-5-4-6-15(24)12-14)20(16)22-25-17-7-2-3-8-18(17)28-22/h2-8,12-13H,9-11H2,1H3,(H,26,27).